The van der Waals surface area contributed by atoms with Crippen molar-refractivity contribution in [3.8, 4) is 0 Å². The molecule has 0 aliphatic carbocycles. The van der Waals surface area contributed by atoms with Crippen molar-refractivity contribution in [3.63, 3.8) is 0 Å². The molecule has 0 heterocycles. The molecule has 0 radical (unpaired) electrons. The largest absolute Gasteiger partial charge is 0.398 e. The normalized spacial score (nSPS) is 10.4. The molecule has 0 amide bonds. The molecule has 1 heteroatoms. The third kappa shape index (κ3) is 2.76. The number of hydrogen-bond donors (Lipinski definition) is 1. The van der Waals surface area contributed by atoms with Crippen LogP contribution < -0.4 is 5.73 Å². The first-order valence-corrected chi connectivity index (χ1v) is 5.65. The first-order valence-electron chi connectivity index (χ1n) is 5.65. The number of benzene rings is 1. The zero-order valence-electron chi connectivity index (χ0n) is 9.34. The van der Waals surface area contributed by atoms with Gasteiger partial charge in [-0.1, -0.05) is 44.9 Å². The van der Waals surface area contributed by atoms with Gasteiger partial charge in [0.15, 0.2) is 0 Å². The summed E-state index contributed by atoms with van der Waals surface area (Å²) in [4.78, 5) is 0. The van der Waals surface area contributed by atoms with Gasteiger partial charge in [0.1, 0.15) is 0 Å². The van der Waals surface area contributed by atoms with Crippen LogP contribution in [0.15, 0.2) is 18.2 Å². The lowest BCUT2D eigenvalue weighted by Crippen LogP contribution is -1.99. The fourth-order valence-electron chi connectivity index (χ4n) is 1.74. The Labute approximate surface area is 87.3 Å². The molecular weight excluding hydrogens is 170 g/mol. The van der Waals surface area contributed by atoms with Gasteiger partial charge in [-0.05, 0) is 30.4 Å². The summed E-state index contributed by atoms with van der Waals surface area (Å²) in [6.45, 7) is 4.41. The van der Waals surface area contributed by atoms with Crippen LogP contribution in [0, 0.1) is 0 Å². The minimum absolute atomic E-state index is 1.03. The Bertz CT molecular complexity index is 279. The lowest BCUT2D eigenvalue weighted by molar-refractivity contribution is 0.794. The number of unbranched alkanes of at least 4 members (excludes halogenated alkanes) is 1. The average molecular weight is 191 g/mol. The topological polar surface area (TPSA) is 26.0 Å². The van der Waals surface area contributed by atoms with Gasteiger partial charge < -0.3 is 5.73 Å². The summed E-state index contributed by atoms with van der Waals surface area (Å²) in [5, 5.41) is 0. The van der Waals surface area contributed by atoms with Crippen LogP contribution in [0.25, 0.3) is 0 Å². The molecule has 1 rings (SSSR count). The Morgan fingerprint density at radius 2 is 1.64 bits per heavy atom. The maximum atomic E-state index is 6.11. The van der Waals surface area contributed by atoms with Crippen molar-refractivity contribution in [1.82, 2.24) is 0 Å². The van der Waals surface area contributed by atoms with E-state index >= 15 is 0 Å². The number of anilines is 1. The first-order chi connectivity index (χ1) is 6.79. The van der Waals surface area contributed by atoms with Gasteiger partial charge in [0.25, 0.3) is 0 Å². The highest BCUT2D eigenvalue weighted by Gasteiger charge is 2.03. The molecule has 2 N–H and O–H groups in total. The molecule has 0 saturated heterocycles. The number of nitrogens with two attached hydrogens (primary N) is 1. The molecule has 0 fully saturated rings. The fraction of sp³-hybridized carbons (Fsp3) is 0.538. The van der Waals surface area contributed by atoms with E-state index in [1.54, 1.807) is 0 Å². The molecular formula is C13H21N. The number of rotatable bonds is 5. The molecule has 0 aliphatic heterocycles. The lowest BCUT2D eigenvalue weighted by Gasteiger charge is -2.09. The van der Waals surface area contributed by atoms with Gasteiger partial charge in [0.2, 0.25) is 0 Å². The predicted octanol–water partition coefficient (Wildman–Crippen LogP) is 3.56. The maximum absolute atomic E-state index is 6.11. The standard InChI is InChI=1S/C13H21N/c1-3-5-8-12-10-6-9-11(7-4-2)13(12)14/h6,9-10H,3-5,7-8,14H2,1-2H3. The number of para-hydroxylation sites is 1. The fourth-order valence-corrected chi connectivity index (χ4v) is 1.74. The summed E-state index contributed by atoms with van der Waals surface area (Å²) < 4.78 is 0. The summed E-state index contributed by atoms with van der Waals surface area (Å²) in [6.07, 6.45) is 5.87. The van der Waals surface area contributed by atoms with E-state index in [2.05, 4.69) is 32.0 Å². The minimum atomic E-state index is 1.03. The van der Waals surface area contributed by atoms with Crippen LogP contribution in [-0.4, -0.2) is 0 Å². The van der Waals surface area contributed by atoms with Gasteiger partial charge in [-0.15, -0.1) is 0 Å². The first kappa shape index (κ1) is 11.1. The molecule has 1 aromatic carbocycles. The lowest BCUT2D eigenvalue weighted by atomic mass is 10.00. The molecule has 1 aromatic rings. The van der Waals surface area contributed by atoms with E-state index in [-0.39, 0.29) is 0 Å². The van der Waals surface area contributed by atoms with Crippen molar-refractivity contribution in [2.75, 3.05) is 5.73 Å². The van der Waals surface area contributed by atoms with Crippen LogP contribution in [0.2, 0.25) is 0 Å². The molecule has 78 valence electrons. The zero-order chi connectivity index (χ0) is 10.4. The van der Waals surface area contributed by atoms with Gasteiger partial charge in [-0.2, -0.15) is 0 Å². The van der Waals surface area contributed by atoms with Crippen LogP contribution in [0.3, 0.4) is 0 Å². The second-order valence-corrected chi connectivity index (χ2v) is 3.84. The van der Waals surface area contributed by atoms with E-state index in [1.807, 2.05) is 0 Å². The van der Waals surface area contributed by atoms with E-state index in [0.717, 1.165) is 18.5 Å². The van der Waals surface area contributed by atoms with Gasteiger partial charge in [0, 0.05) is 5.69 Å². The SMILES string of the molecule is CCCCc1cccc(CCC)c1N. The molecule has 1 nitrogen and oxygen atoms in total. The summed E-state index contributed by atoms with van der Waals surface area (Å²) in [5.41, 5.74) is 9.79. The summed E-state index contributed by atoms with van der Waals surface area (Å²) in [7, 11) is 0. The Morgan fingerprint density at radius 1 is 1.00 bits per heavy atom. The van der Waals surface area contributed by atoms with Gasteiger partial charge in [-0.3, -0.25) is 0 Å². The Morgan fingerprint density at radius 3 is 2.21 bits per heavy atom. The van der Waals surface area contributed by atoms with Crippen molar-refractivity contribution in [2.24, 2.45) is 0 Å². The van der Waals surface area contributed by atoms with Crippen LogP contribution in [0.1, 0.15) is 44.2 Å². The van der Waals surface area contributed by atoms with Crippen molar-refractivity contribution < 1.29 is 0 Å². The summed E-state index contributed by atoms with van der Waals surface area (Å²) in [5.74, 6) is 0. The van der Waals surface area contributed by atoms with Crippen LogP contribution >= 0.6 is 0 Å². The van der Waals surface area contributed by atoms with E-state index in [0.29, 0.717) is 0 Å². The third-order valence-electron chi connectivity index (χ3n) is 2.61. The number of aryl methyl sites for hydroxylation is 2. The van der Waals surface area contributed by atoms with Crippen molar-refractivity contribution in [2.45, 2.75) is 46.0 Å². The Kier molecular flexibility index (Phi) is 4.51. The molecule has 0 aliphatic rings. The molecule has 0 spiro atoms. The average Bonchev–Trinajstić information content (AvgIpc) is 2.20. The van der Waals surface area contributed by atoms with E-state index < -0.39 is 0 Å². The summed E-state index contributed by atoms with van der Waals surface area (Å²) in [6, 6.07) is 6.44. The van der Waals surface area contributed by atoms with E-state index in [4.69, 9.17) is 5.73 Å². The second kappa shape index (κ2) is 5.69. The maximum Gasteiger partial charge on any atom is 0.0379 e. The highest BCUT2D eigenvalue weighted by Crippen LogP contribution is 2.20. The highest BCUT2D eigenvalue weighted by molar-refractivity contribution is 5.53. The smallest absolute Gasteiger partial charge is 0.0379 e. The van der Waals surface area contributed by atoms with Crippen LogP contribution in [0.4, 0.5) is 5.69 Å². The summed E-state index contributed by atoms with van der Waals surface area (Å²) >= 11 is 0. The zero-order valence-corrected chi connectivity index (χ0v) is 9.34. The number of hydrogen-bond acceptors (Lipinski definition) is 1. The molecule has 14 heavy (non-hydrogen) atoms. The Balaban J connectivity index is 2.78. The second-order valence-electron chi connectivity index (χ2n) is 3.84. The third-order valence-corrected chi connectivity index (χ3v) is 2.61. The van der Waals surface area contributed by atoms with E-state index in [1.165, 1.54) is 30.4 Å². The van der Waals surface area contributed by atoms with Crippen molar-refractivity contribution in [1.29, 1.82) is 0 Å². The highest BCUT2D eigenvalue weighted by atomic mass is 14.6. The molecule has 0 saturated carbocycles. The Hall–Kier alpha value is -0.980. The van der Waals surface area contributed by atoms with Crippen LogP contribution in [0.5, 0.6) is 0 Å². The molecule has 0 atom stereocenters. The van der Waals surface area contributed by atoms with Crippen LogP contribution in [-0.2, 0) is 12.8 Å². The van der Waals surface area contributed by atoms with E-state index in [9.17, 15) is 0 Å². The van der Waals surface area contributed by atoms with Gasteiger partial charge in [-0.25, -0.2) is 0 Å². The monoisotopic (exact) mass is 191 g/mol. The van der Waals surface area contributed by atoms with Gasteiger partial charge >= 0.3 is 0 Å². The quantitative estimate of drug-likeness (QED) is 0.707. The van der Waals surface area contributed by atoms with Crippen molar-refractivity contribution in [3.05, 3.63) is 29.3 Å². The number of nitrogen functional groups attached to an aromatic ring is 1. The predicted molar refractivity (Wildman–Crippen MR) is 63.5 cm³/mol. The molecule has 0 unspecified atom stereocenters. The van der Waals surface area contributed by atoms with Crippen molar-refractivity contribution >= 4 is 5.69 Å². The molecule has 0 bridgehead atoms. The van der Waals surface area contributed by atoms with Gasteiger partial charge in [0.05, 0.1) is 0 Å². The minimum Gasteiger partial charge on any atom is -0.398 e. The molecule has 0 aromatic heterocycles.